The van der Waals surface area contributed by atoms with Gasteiger partial charge in [0.05, 0.1) is 4.92 Å². The van der Waals surface area contributed by atoms with E-state index in [1.165, 1.54) is 6.07 Å². The van der Waals surface area contributed by atoms with Crippen LogP contribution >= 0.6 is 0 Å². The van der Waals surface area contributed by atoms with Crippen molar-refractivity contribution in [2.75, 3.05) is 6.54 Å². The molecule has 118 valence electrons. The maximum absolute atomic E-state index is 11.9. The fourth-order valence-corrected chi connectivity index (χ4v) is 2.35. The van der Waals surface area contributed by atoms with Crippen molar-refractivity contribution in [3.63, 3.8) is 0 Å². The maximum atomic E-state index is 11.9. The summed E-state index contributed by atoms with van der Waals surface area (Å²) in [7, 11) is 0. The molecule has 0 radical (unpaired) electrons. The summed E-state index contributed by atoms with van der Waals surface area (Å²) in [5.74, 6) is -1.46. The van der Waals surface area contributed by atoms with Crippen LogP contribution in [-0.2, 0) is 20.7 Å². The summed E-state index contributed by atoms with van der Waals surface area (Å²) in [6.45, 7) is 0.223. The van der Waals surface area contributed by atoms with Crippen molar-refractivity contribution in [2.45, 2.75) is 31.5 Å². The molecule has 22 heavy (non-hydrogen) atoms. The summed E-state index contributed by atoms with van der Waals surface area (Å²) in [5, 5.41) is 22.3. The molecule has 0 unspecified atom stereocenters. The molecule has 1 aliphatic rings. The topological polar surface area (TPSA) is 119 Å². The Kier molecular flexibility index (Phi) is 5.05. The normalized spacial score (nSPS) is 20.5. The van der Waals surface area contributed by atoms with Gasteiger partial charge in [0.2, 0.25) is 5.91 Å². The number of ether oxygens (including phenoxy) is 1. The van der Waals surface area contributed by atoms with Crippen LogP contribution in [0, 0.1) is 10.1 Å². The fourth-order valence-electron chi connectivity index (χ4n) is 2.35. The predicted octanol–water partition coefficient (Wildman–Crippen LogP) is 0.886. The minimum Gasteiger partial charge on any atom is -0.479 e. The number of hydrogen-bond donors (Lipinski definition) is 2. The first kappa shape index (κ1) is 15.9. The lowest BCUT2D eigenvalue weighted by Crippen LogP contribution is -2.36. The number of rotatable bonds is 6. The van der Waals surface area contributed by atoms with E-state index in [4.69, 9.17) is 9.84 Å². The van der Waals surface area contributed by atoms with Crippen molar-refractivity contribution < 1.29 is 24.4 Å². The van der Waals surface area contributed by atoms with Crippen molar-refractivity contribution in [3.8, 4) is 0 Å². The number of nitrogens with one attached hydrogen (secondary N) is 1. The number of carboxylic acids is 1. The summed E-state index contributed by atoms with van der Waals surface area (Å²) in [4.78, 5) is 33.0. The molecule has 1 aromatic rings. The molecule has 8 nitrogen and oxygen atoms in total. The molecule has 8 heteroatoms. The zero-order chi connectivity index (χ0) is 16.1. The van der Waals surface area contributed by atoms with E-state index in [2.05, 4.69) is 5.32 Å². The third kappa shape index (κ3) is 3.79. The lowest BCUT2D eigenvalue weighted by atomic mass is 10.1. The standard InChI is InChI=1S/C14H16N2O6/c17-13(11-5-6-12(22-11)14(18)19)15-8-7-9-3-1-2-4-10(9)16(20)21/h1-4,11-12H,5-8H2,(H,15,17)(H,18,19)/t11-,12+/m0/s1. The number of carbonyl (C=O) groups excluding carboxylic acids is 1. The Labute approximate surface area is 126 Å². The van der Waals surface area contributed by atoms with E-state index in [0.717, 1.165) is 0 Å². The van der Waals surface area contributed by atoms with Gasteiger partial charge >= 0.3 is 5.97 Å². The molecule has 1 amide bonds. The number of nitrogens with zero attached hydrogens (tertiary/aromatic N) is 1. The maximum Gasteiger partial charge on any atom is 0.332 e. The van der Waals surface area contributed by atoms with E-state index in [0.29, 0.717) is 24.8 Å². The molecule has 0 saturated carbocycles. The van der Waals surface area contributed by atoms with Crippen LogP contribution in [0.3, 0.4) is 0 Å². The van der Waals surface area contributed by atoms with E-state index < -0.39 is 23.1 Å². The van der Waals surface area contributed by atoms with Crippen molar-refractivity contribution in [1.29, 1.82) is 0 Å². The average molecular weight is 308 g/mol. The molecule has 2 N–H and O–H groups in total. The fraction of sp³-hybridized carbons (Fsp3) is 0.429. The van der Waals surface area contributed by atoms with Gasteiger partial charge in [-0.1, -0.05) is 18.2 Å². The highest BCUT2D eigenvalue weighted by atomic mass is 16.6. The van der Waals surface area contributed by atoms with Crippen LogP contribution in [0.5, 0.6) is 0 Å². The Bertz CT molecular complexity index is 588. The number of benzene rings is 1. The van der Waals surface area contributed by atoms with Gasteiger partial charge in [-0.2, -0.15) is 0 Å². The van der Waals surface area contributed by atoms with E-state index in [1.807, 2.05) is 0 Å². The SMILES string of the molecule is O=C(NCCc1ccccc1[N+](=O)[O-])[C@@H]1CC[C@H](C(=O)O)O1. The largest absolute Gasteiger partial charge is 0.479 e. The van der Waals surface area contributed by atoms with Crippen LogP contribution in [0.4, 0.5) is 5.69 Å². The van der Waals surface area contributed by atoms with Crippen LogP contribution in [0.1, 0.15) is 18.4 Å². The number of para-hydroxylation sites is 1. The number of amides is 1. The monoisotopic (exact) mass is 308 g/mol. The predicted molar refractivity (Wildman–Crippen MR) is 75.3 cm³/mol. The summed E-state index contributed by atoms with van der Waals surface area (Å²) < 4.78 is 5.13. The van der Waals surface area contributed by atoms with Crippen LogP contribution in [0.15, 0.2) is 24.3 Å². The molecular formula is C14H16N2O6. The molecule has 2 atom stereocenters. The second-order valence-electron chi connectivity index (χ2n) is 4.96. The Morgan fingerprint density at radius 2 is 2.00 bits per heavy atom. The van der Waals surface area contributed by atoms with E-state index >= 15 is 0 Å². The molecule has 1 aliphatic heterocycles. The molecule has 2 rings (SSSR count). The number of nitro benzene ring substituents is 1. The molecule has 1 aromatic carbocycles. The zero-order valence-corrected chi connectivity index (χ0v) is 11.7. The zero-order valence-electron chi connectivity index (χ0n) is 11.7. The minimum atomic E-state index is -1.07. The molecule has 0 bridgehead atoms. The van der Waals surface area contributed by atoms with Gasteiger partial charge in [-0.25, -0.2) is 4.79 Å². The first-order valence-electron chi connectivity index (χ1n) is 6.87. The van der Waals surface area contributed by atoms with Crippen molar-refractivity contribution in [3.05, 3.63) is 39.9 Å². The van der Waals surface area contributed by atoms with Crippen molar-refractivity contribution in [2.24, 2.45) is 0 Å². The Morgan fingerprint density at radius 3 is 2.64 bits per heavy atom. The lowest BCUT2D eigenvalue weighted by molar-refractivity contribution is -0.385. The van der Waals surface area contributed by atoms with Gasteiger partial charge in [-0.15, -0.1) is 0 Å². The third-order valence-electron chi connectivity index (χ3n) is 3.47. The van der Waals surface area contributed by atoms with Crippen molar-refractivity contribution in [1.82, 2.24) is 5.32 Å². The van der Waals surface area contributed by atoms with E-state index in [1.54, 1.807) is 18.2 Å². The number of aliphatic carboxylic acids is 1. The molecule has 1 fully saturated rings. The lowest BCUT2D eigenvalue weighted by Gasteiger charge is -2.11. The van der Waals surface area contributed by atoms with Crippen LogP contribution < -0.4 is 5.32 Å². The molecule has 1 saturated heterocycles. The summed E-state index contributed by atoms with van der Waals surface area (Å²) in [6.07, 6.45) is -0.734. The van der Waals surface area contributed by atoms with Crippen LogP contribution in [-0.4, -0.2) is 40.7 Å². The molecule has 0 aromatic heterocycles. The minimum absolute atomic E-state index is 0.0137. The molecule has 0 spiro atoms. The Hall–Kier alpha value is -2.48. The van der Waals surface area contributed by atoms with Crippen LogP contribution in [0.25, 0.3) is 0 Å². The van der Waals surface area contributed by atoms with Gasteiger partial charge in [-0.3, -0.25) is 14.9 Å². The quantitative estimate of drug-likeness (QED) is 0.595. The van der Waals surface area contributed by atoms with E-state index in [9.17, 15) is 19.7 Å². The summed E-state index contributed by atoms with van der Waals surface area (Å²) in [5.41, 5.74) is 0.545. The first-order valence-corrected chi connectivity index (χ1v) is 6.87. The summed E-state index contributed by atoms with van der Waals surface area (Å²) >= 11 is 0. The number of carboxylic acid groups (broad SMARTS) is 1. The highest BCUT2D eigenvalue weighted by Crippen LogP contribution is 2.20. The van der Waals surface area contributed by atoms with Gasteiger partial charge in [0, 0.05) is 18.2 Å². The van der Waals surface area contributed by atoms with Gasteiger partial charge in [0.1, 0.15) is 6.10 Å². The highest BCUT2D eigenvalue weighted by molar-refractivity contribution is 5.82. The van der Waals surface area contributed by atoms with Crippen molar-refractivity contribution >= 4 is 17.6 Å². The van der Waals surface area contributed by atoms with E-state index in [-0.39, 0.29) is 18.1 Å². The van der Waals surface area contributed by atoms with Crippen LogP contribution in [0.2, 0.25) is 0 Å². The number of carbonyl (C=O) groups is 2. The second-order valence-corrected chi connectivity index (χ2v) is 4.96. The molecular weight excluding hydrogens is 292 g/mol. The Balaban J connectivity index is 1.83. The smallest absolute Gasteiger partial charge is 0.332 e. The second kappa shape index (κ2) is 6.99. The summed E-state index contributed by atoms with van der Waals surface area (Å²) in [6, 6.07) is 6.33. The first-order chi connectivity index (χ1) is 10.5. The third-order valence-corrected chi connectivity index (χ3v) is 3.47. The highest BCUT2D eigenvalue weighted by Gasteiger charge is 2.34. The Morgan fingerprint density at radius 1 is 1.32 bits per heavy atom. The van der Waals surface area contributed by atoms with Gasteiger partial charge < -0.3 is 15.2 Å². The number of nitro groups is 1. The van der Waals surface area contributed by atoms with Gasteiger partial charge in [0.25, 0.3) is 5.69 Å². The van der Waals surface area contributed by atoms with Gasteiger partial charge in [-0.05, 0) is 19.3 Å². The average Bonchev–Trinajstić information content (AvgIpc) is 2.97. The van der Waals surface area contributed by atoms with Gasteiger partial charge in [0.15, 0.2) is 6.10 Å². The molecule has 1 heterocycles. The molecule has 0 aliphatic carbocycles. The number of hydrogen-bond acceptors (Lipinski definition) is 5.